The van der Waals surface area contributed by atoms with E-state index in [1.165, 1.54) is 38.5 Å². The normalized spacial score (nSPS) is 22.1. The molecule has 2 rings (SSSR count). The highest BCUT2D eigenvalue weighted by atomic mass is 16.1. The van der Waals surface area contributed by atoms with Gasteiger partial charge in [0.2, 0.25) is 5.91 Å². The Bertz CT molecular complexity index is 230. The molecule has 0 atom stereocenters. The van der Waals surface area contributed by atoms with Gasteiger partial charge in [-0.2, -0.15) is 0 Å². The minimum Gasteiger partial charge on any atom is -0.356 e. The third-order valence-electron chi connectivity index (χ3n) is 3.89. The summed E-state index contributed by atoms with van der Waals surface area (Å²) in [5, 5.41) is 6.56. The van der Waals surface area contributed by atoms with E-state index in [2.05, 4.69) is 10.6 Å². The maximum atomic E-state index is 11.9. The van der Waals surface area contributed by atoms with Gasteiger partial charge < -0.3 is 10.6 Å². The largest absolute Gasteiger partial charge is 0.356 e. The van der Waals surface area contributed by atoms with Crippen LogP contribution >= 0.6 is 0 Å². The van der Waals surface area contributed by atoms with E-state index in [-0.39, 0.29) is 0 Å². The van der Waals surface area contributed by atoms with Crippen LogP contribution in [0.1, 0.15) is 57.8 Å². The quantitative estimate of drug-likeness (QED) is 0.550. The first-order valence-electron chi connectivity index (χ1n) is 7.37. The van der Waals surface area contributed by atoms with Crippen molar-refractivity contribution in [3.8, 4) is 0 Å². The summed E-state index contributed by atoms with van der Waals surface area (Å²) in [7, 11) is 0. The van der Waals surface area contributed by atoms with Gasteiger partial charge >= 0.3 is 0 Å². The van der Waals surface area contributed by atoms with Gasteiger partial charge in [-0.25, -0.2) is 0 Å². The number of rotatable bonds is 6. The summed E-state index contributed by atoms with van der Waals surface area (Å²) in [6.45, 7) is 1.89. The summed E-state index contributed by atoms with van der Waals surface area (Å²) < 4.78 is 0. The van der Waals surface area contributed by atoms with E-state index in [4.69, 9.17) is 0 Å². The molecule has 1 amide bonds. The Morgan fingerprint density at radius 1 is 0.941 bits per heavy atom. The first-order valence-corrected chi connectivity index (χ1v) is 7.37. The van der Waals surface area contributed by atoms with Crippen molar-refractivity contribution >= 4 is 5.91 Å². The van der Waals surface area contributed by atoms with Crippen molar-refractivity contribution in [3.05, 3.63) is 0 Å². The number of hydrogen-bond donors (Lipinski definition) is 2. The highest BCUT2D eigenvalue weighted by molar-refractivity contribution is 5.78. The van der Waals surface area contributed by atoms with Gasteiger partial charge in [-0.05, 0) is 38.6 Å². The van der Waals surface area contributed by atoms with E-state index in [1.807, 2.05) is 0 Å². The van der Waals surface area contributed by atoms with Crippen molar-refractivity contribution in [1.29, 1.82) is 0 Å². The third-order valence-corrected chi connectivity index (χ3v) is 3.89. The van der Waals surface area contributed by atoms with Crippen LogP contribution in [-0.4, -0.2) is 25.0 Å². The molecule has 0 aromatic heterocycles. The van der Waals surface area contributed by atoms with Crippen molar-refractivity contribution < 1.29 is 4.79 Å². The average Bonchev–Trinajstić information content (AvgIpc) is 3.15. The number of hydrogen-bond acceptors (Lipinski definition) is 2. The van der Waals surface area contributed by atoms with Gasteiger partial charge in [-0.3, -0.25) is 4.79 Å². The summed E-state index contributed by atoms with van der Waals surface area (Å²) >= 11 is 0. The molecule has 0 bridgehead atoms. The zero-order valence-corrected chi connectivity index (χ0v) is 10.8. The summed E-state index contributed by atoms with van der Waals surface area (Å²) in [5.74, 6) is 0.604. The molecule has 0 unspecified atom stereocenters. The molecule has 2 N–H and O–H groups in total. The van der Waals surface area contributed by atoms with E-state index in [0.717, 1.165) is 38.4 Å². The molecular weight excluding hydrogens is 212 g/mol. The number of carbonyl (C=O) groups excluding carboxylic acids is 1. The standard InChI is InChI=1S/C14H26N2O/c17-14(12-6-3-1-2-4-7-12)16-11-5-10-15-13-8-9-13/h12-13,15H,1-11H2,(H,16,17). The summed E-state index contributed by atoms with van der Waals surface area (Å²) in [6, 6.07) is 0.785. The van der Waals surface area contributed by atoms with Crippen molar-refractivity contribution in [2.24, 2.45) is 5.92 Å². The van der Waals surface area contributed by atoms with E-state index >= 15 is 0 Å². The molecule has 0 aliphatic heterocycles. The van der Waals surface area contributed by atoms with Gasteiger partial charge in [0, 0.05) is 18.5 Å². The van der Waals surface area contributed by atoms with E-state index < -0.39 is 0 Å². The van der Waals surface area contributed by atoms with Crippen molar-refractivity contribution in [2.45, 2.75) is 63.8 Å². The van der Waals surface area contributed by atoms with Gasteiger partial charge in [0.25, 0.3) is 0 Å². The second kappa shape index (κ2) is 7.00. The SMILES string of the molecule is O=C(NCCCNC1CC1)C1CCCCCC1. The van der Waals surface area contributed by atoms with Gasteiger partial charge in [-0.1, -0.05) is 25.7 Å². The molecule has 0 spiro atoms. The van der Waals surface area contributed by atoms with Crippen LogP contribution in [-0.2, 0) is 4.79 Å². The highest BCUT2D eigenvalue weighted by Gasteiger charge is 2.20. The van der Waals surface area contributed by atoms with Gasteiger partial charge in [0.1, 0.15) is 0 Å². The molecule has 0 aromatic rings. The Labute approximate surface area is 105 Å². The molecule has 0 aromatic carbocycles. The Balaban J connectivity index is 1.52. The van der Waals surface area contributed by atoms with Gasteiger partial charge in [-0.15, -0.1) is 0 Å². The van der Waals surface area contributed by atoms with Crippen LogP contribution < -0.4 is 10.6 Å². The average molecular weight is 238 g/mol. The first kappa shape index (κ1) is 12.9. The van der Waals surface area contributed by atoms with Gasteiger partial charge in [0.05, 0.1) is 0 Å². The number of carbonyl (C=O) groups is 1. The molecule has 17 heavy (non-hydrogen) atoms. The van der Waals surface area contributed by atoms with Crippen molar-refractivity contribution in [1.82, 2.24) is 10.6 Å². The van der Waals surface area contributed by atoms with Gasteiger partial charge in [0.15, 0.2) is 0 Å². The molecule has 2 aliphatic carbocycles. The Morgan fingerprint density at radius 2 is 1.65 bits per heavy atom. The van der Waals surface area contributed by atoms with Crippen LogP contribution in [0.15, 0.2) is 0 Å². The van der Waals surface area contributed by atoms with E-state index in [1.54, 1.807) is 0 Å². The highest BCUT2D eigenvalue weighted by Crippen LogP contribution is 2.22. The molecule has 0 heterocycles. The molecule has 2 saturated carbocycles. The lowest BCUT2D eigenvalue weighted by Crippen LogP contribution is -2.32. The minimum absolute atomic E-state index is 0.300. The zero-order valence-electron chi connectivity index (χ0n) is 10.8. The second-order valence-corrected chi connectivity index (χ2v) is 5.56. The van der Waals surface area contributed by atoms with Crippen LogP contribution in [0.3, 0.4) is 0 Å². The lowest BCUT2D eigenvalue weighted by molar-refractivity contribution is -0.125. The lowest BCUT2D eigenvalue weighted by atomic mass is 9.99. The Morgan fingerprint density at radius 3 is 2.29 bits per heavy atom. The van der Waals surface area contributed by atoms with Crippen LogP contribution in [0, 0.1) is 5.92 Å². The predicted molar refractivity (Wildman–Crippen MR) is 69.8 cm³/mol. The van der Waals surface area contributed by atoms with Crippen molar-refractivity contribution in [3.63, 3.8) is 0 Å². The molecular formula is C14H26N2O. The maximum Gasteiger partial charge on any atom is 0.223 e. The maximum absolute atomic E-state index is 11.9. The zero-order chi connectivity index (χ0) is 11.9. The molecule has 3 heteroatoms. The second-order valence-electron chi connectivity index (χ2n) is 5.56. The van der Waals surface area contributed by atoms with Crippen LogP contribution in [0.5, 0.6) is 0 Å². The van der Waals surface area contributed by atoms with Crippen LogP contribution in [0.2, 0.25) is 0 Å². The summed E-state index contributed by atoms with van der Waals surface area (Å²) in [4.78, 5) is 11.9. The van der Waals surface area contributed by atoms with E-state index in [9.17, 15) is 4.79 Å². The number of amides is 1. The Kier molecular flexibility index (Phi) is 5.30. The predicted octanol–water partition coefficient (Wildman–Crippen LogP) is 2.22. The van der Waals surface area contributed by atoms with Crippen LogP contribution in [0.25, 0.3) is 0 Å². The molecule has 2 aliphatic rings. The fourth-order valence-corrected chi connectivity index (χ4v) is 2.58. The van der Waals surface area contributed by atoms with Crippen molar-refractivity contribution in [2.75, 3.05) is 13.1 Å². The number of nitrogens with one attached hydrogen (secondary N) is 2. The summed E-state index contributed by atoms with van der Waals surface area (Å²) in [6.07, 6.45) is 11.1. The molecule has 0 saturated heterocycles. The first-order chi connectivity index (χ1) is 8.36. The minimum atomic E-state index is 0.300. The fourth-order valence-electron chi connectivity index (χ4n) is 2.58. The van der Waals surface area contributed by atoms with E-state index in [0.29, 0.717) is 11.8 Å². The molecule has 2 fully saturated rings. The van der Waals surface area contributed by atoms with Crippen LogP contribution in [0.4, 0.5) is 0 Å². The fraction of sp³-hybridized carbons (Fsp3) is 0.929. The molecule has 0 radical (unpaired) electrons. The molecule has 98 valence electrons. The summed E-state index contributed by atoms with van der Waals surface area (Å²) in [5.41, 5.74) is 0. The smallest absolute Gasteiger partial charge is 0.223 e. The molecule has 3 nitrogen and oxygen atoms in total. The topological polar surface area (TPSA) is 41.1 Å². The third kappa shape index (κ3) is 5.07. The lowest BCUT2D eigenvalue weighted by Gasteiger charge is -2.14. The monoisotopic (exact) mass is 238 g/mol. The Hall–Kier alpha value is -0.570.